The second-order valence-corrected chi connectivity index (χ2v) is 8.90. The van der Waals surface area contributed by atoms with Crippen molar-refractivity contribution >= 4 is 46.8 Å². The number of hydrogen-bond donors (Lipinski definition) is 2. The molecule has 0 bridgehead atoms. The van der Waals surface area contributed by atoms with Gasteiger partial charge in [0.2, 0.25) is 11.8 Å². The number of amides is 2. The molecule has 156 valence electrons. The van der Waals surface area contributed by atoms with Crippen molar-refractivity contribution in [1.82, 2.24) is 10.6 Å². The van der Waals surface area contributed by atoms with Gasteiger partial charge in [-0.3, -0.25) is 9.59 Å². The van der Waals surface area contributed by atoms with Crippen molar-refractivity contribution in [3.63, 3.8) is 0 Å². The minimum absolute atomic E-state index is 0.0102. The Labute approximate surface area is 186 Å². The Bertz CT molecular complexity index is 764. The van der Waals surface area contributed by atoms with Crippen LogP contribution in [0.4, 0.5) is 0 Å². The van der Waals surface area contributed by atoms with E-state index in [-0.39, 0.29) is 23.9 Å². The van der Waals surface area contributed by atoms with Crippen molar-refractivity contribution < 1.29 is 9.59 Å². The fourth-order valence-corrected chi connectivity index (χ4v) is 4.04. The van der Waals surface area contributed by atoms with Crippen LogP contribution in [0.3, 0.4) is 0 Å². The van der Waals surface area contributed by atoms with Crippen molar-refractivity contribution in [2.75, 3.05) is 11.5 Å². The van der Waals surface area contributed by atoms with E-state index in [1.807, 2.05) is 62.4 Å². The van der Waals surface area contributed by atoms with Gasteiger partial charge in [0.05, 0.1) is 12.1 Å². The number of halogens is 2. The molecule has 4 nitrogen and oxygen atoms in total. The smallest absolute Gasteiger partial charge is 0.221 e. The maximum Gasteiger partial charge on any atom is 0.221 e. The number of thioether (sulfide) groups is 1. The molecular formula is C22H26Cl2N2O2S. The maximum atomic E-state index is 12.1. The molecule has 0 heterocycles. The first-order chi connectivity index (χ1) is 13.8. The molecule has 2 N–H and O–H groups in total. The van der Waals surface area contributed by atoms with Crippen molar-refractivity contribution in [1.29, 1.82) is 0 Å². The molecule has 0 aliphatic carbocycles. The monoisotopic (exact) mass is 452 g/mol. The fourth-order valence-electron chi connectivity index (χ4n) is 2.78. The minimum Gasteiger partial charge on any atom is -0.350 e. The van der Waals surface area contributed by atoms with E-state index < -0.39 is 0 Å². The van der Waals surface area contributed by atoms with Gasteiger partial charge in [-0.25, -0.2) is 0 Å². The molecule has 0 saturated heterocycles. The molecular weight excluding hydrogens is 427 g/mol. The van der Waals surface area contributed by atoms with E-state index in [9.17, 15) is 9.59 Å². The lowest BCUT2D eigenvalue weighted by molar-refractivity contribution is -0.122. The van der Waals surface area contributed by atoms with E-state index in [0.717, 1.165) is 11.1 Å². The van der Waals surface area contributed by atoms with Crippen LogP contribution in [0.5, 0.6) is 0 Å². The first-order valence-electron chi connectivity index (χ1n) is 9.52. The predicted octanol–water partition coefficient (Wildman–Crippen LogP) is 5.56. The summed E-state index contributed by atoms with van der Waals surface area (Å²) in [6, 6.07) is 14.8. The van der Waals surface area contributed by atoms with Crippen LogP contribution >= 0.6 is 35.0 Å². The van der Waals surface area contributed by atoms with Gasteiger partial charge >= 0.3 is 0 Å². The van der Waals surface area contributed by atoms with Crippen LogP contribution in [0.25, 0.3) is 0 Å². The zero-order chi connectivity index (χ0) is 21.2. The molecule has 2 aromatic rings. The van der Waals surface area contributed by atoms with Crippen LogP contribution in [-0.2, 0) is 9.59 Å². The van der Waals surface area contributed by atoms with Gasteiger partial charge in [-0.05, 0) is 49.2 Å². The molecule has 0 spiro atoms. The Balaban J connectivity index is 1.61. The van der Waals surface area contributed by atoms with Crippen LogP contribution < -0.4 is 10.6 Å². The molecule has 0 fully saturated rings. The zero-order valence-electron chi connectivity index (χ0n) is 16.6. The summed E-state index contributed by atoms with van der Waals surface area (Å²) < 4.78 is 0. The first kappa shape index (κ1) is 23.6. The molecule has 0 aliphatic heterocycles. The highest BCUT2D eigenvalue weighted by Gasteiger charge is 2.11. The molecule has 0 aliphatic rings. The SMILES string of the molecule is CC(NC(=O)CCSCCC(=O)NC(C)c1cccc(Cl)c1)c1cccc(Cl)c1. The second kappa shape index (κ2) is 12.1. The Morgan fingerprint density at radius 3 is 1.62 bits per heavy atom. The number of benzene rings is 2. The molecule has 0 radical (unpaired) electrons. The number of carbonyl (C=O) groups is 2. The quantitative estimate of drug-likeness (QED) is 0.463. The molecule has 0 aromatic heterocycles. The summed E-state index contributed by atoms with van der Waals surface area (Å²) in [4.78, 5) is 24.2. The summed E-state index contributed by atoms with van der Waals surface area (Å²) in [5.41, 5.74) is 1.95. The van der Waals surface area contributed by atoms with Gasteiger partial charge in [0.25, 0.3) is 0 Å². The van der Waals surface area contributed by atoms with Crippen molar-refractivity contribution in [3.8, 4) is 0 Å². The zero-order valence-corrected chi connectivity index (χ0v) is 18.9. The number of hydrogen-bond acceptors (Lipinski definition) is 3. The highest BCUT2D eigenvalue weighted by molar-refractivity contribution is 7.99. The number of carbonyl (C=O) groups excluding carboxylic acids is 2. The van der Waals surface area contributed by atoms with Crippen LogP contribution in [0, 0.1) is 0 Å². The van der Waals surface area contributed by atoms with E-state index in [2.05, 4.69) is 10.6 Å². The Morgan fingerprint density at radius 1 is 0.828 bits per heavy atom. The Morgan fingerprint density at radius 2 is 1.24 bits per heavy atom. The van der Waals surface area contributed by atoms with Gasteiger partial charge in [-0.15, -0.1) is 0 Å². The lowest BCUT2D eigenvalue weighted by atomic mass is 10.1. The normalized spacial score (nSPS) is 12.8. The third-order valence-corrected chi connectivity index (χ3v) is 5.86. The number of rotatable bonds is 10. The largest absolute Gasteiger partial charge is 0.350 e. The second-order valence-electron chi connectivity index (χ2n) is 6.80. The van der Waals surface area contributed by atoms with Crippen LogP contribution in [0.1, 0.15) is 49.9 Å². The molecule has 2 atom stereocenters. The average Bonchev–Trinajstić information content (AvgIpc) is 2.67. The third-order valence-electron chi connectivity index (χ3n) is 4.40. The van der Waals surface area contributed by atoms with Crippen LogP contribution in [0.2, 0.25) is 10.0 Å². The summed E-state index contributed by atoms with van der Waals surface area (Å²) in [6.45, 7) is 3.87. The summed E-state index contributed by atoms with van der Waals surface area (Å²) in [6.07, 6.45) is 0.826. The van der Waals surface area contributed by atoms with Gasteiger partial charge < -0.3 is 10.6 Å². The summed E-state index contributed by atoms with van der Waals surface area (Å²) in [5.74, 6) is 1.32. The molecule has 29 heavy (non-hydrogen) atoms. The van der Waals surface area contributed by atoms with Crippen LogP contribution in [0.15, 0.2) is 48.5 Å². The summed E-state index contributed by atoms with van der Waals surface area (Å²) >= 11 is 13.6. The lowest BCUT2D eigenvalue weighted by Crippen LogP contribution is -2.27. The lowest BCUT2D eigenvalue weighted by Gasteiger charge is -2.15. The highest BCUT2D eigenvalue weighted by atomic mass is 35.5. The standard InChI is InChI=1S/C22H26Cl2N2O2S/c1-15(17-5-3-7-19(23)13-17)25-21(27)9-11-29-12-10-22(28)26-16(2)18-6-4-8-20(24)14-18/h3-8,13-16H,9-12H2,1-2H3,(H,25,27)(H,26,28). The van der Waals surface area contributed by atoms with Crippen LogP contribution in [-0.4, -0.2) is 23.3 Å². The van der Waals surface area contributed by atoms with Gasteiger partial charge in [0.1, 0.15) is 0 Å². The van der Waals surface area contributed by atoms with E-state index >= 15 is 0 Å². The molecule has 0 saturated carbocycles. The first-order valence-corrected chi connectivity index (χ1v) is 11.4. The predicted molar refractivity (Wildman–Crippen MR) is 123 cm³/mol. The van der Waals surface area contributed by atoms with Gasteiger partial charge in [0.15, 0.2) is 0 Å². The van der Waals surface area contributed by atoms with E-state index in [1.54, 1.807) is 11.8 Å². The van der Waals surface area contributed by atoms with E-state index in [1.165, 1.54) is 0 Å². The Hall–Kier alpha value is -1.69. The highest BCUT2D eigenvalue weighted by Crippen LogP contribution is 2.19. The van der Waals surface area contributed by atoms with Crippen molar-refractivity contribution in [2.24, 2.45) is 0 Å². The maximum absolute atomic E-state index is 12.1. The topological polar surface area (TPSA) is 58.2 Å². The van der Waals surface area contributed by atoms with Crippen molar-refractivity contribution in [3.05, 3.63) is 69.7 Å². The van der Waals surface area contributed by atoms with E-state index in [0.29, 0.717) is 34.4 Å². The summed E-state index contributed by atoms with van der Waals surface area (Å²) in [5, 5.41) is 7.25. The minimum atomic E-state index is -0.0926. The average molecular weight is 453 g/mol. The third kappa shape index (κ3) is 8.69. The molecule has 7 heteroatoms. The molecule has 2 aromatic carbocycles. The molecule has 2 unspecified atom stereocenters. The fraction of sp³-hybridized carbons (Fsp3) is 0.364. The van der Waals surface area contributed by atoms with Gasteiger partial charge in [-0.1, -0.05) is 47.5 Å². The van der Waals surface area contributed by atoms with Gasteiger partial charge in [0, 0.05) is 34.4 Å². The Kier molecular flexibility index (Phi) is 9.85. The molecule has 2 amide bonds. The molecule has 2 rings (SSSR count). The summed E-state index contributed by atoms with van der Waals surface area (Å²) in [7, 11) is 0. The van der Waals surface area contributed by atoms with Crippen molar-refractivity contribution in [2.45, 2.75) is 38.8 Å². The van der Waals surface area contributed by atoms with Gasteiger partial charge in [-0.2, -0.15) is 11.8 Å². The number of nitrogens with one attached hydrogen (secondary N) is 2. The van der Waals surface area contributed by atoms with E-state index in [4.69, 9.17) is 23.2 Å².